The van der Waals surface area contributed by atoms with Gasteiger partial charge in [0, 0.05) is 0 Å². The molecule has 0 saturated heterocycles. The molecule has 2 aromatic carbocycles. The Morgan fingerprint density at radius 2 is 1.80 bits per heavy atom. The van der Waals surface area contributed by atoms with Gasteiger partial charge in [-0.2, -0.15) is 0 Å². The second-order valence-corrected chi connectivity index (χ2v) is 5.55. The van der Waals surface area contributed by atoms with Gasteiger partial charge in [0.1, 0.15) is 18.2 Å². The number of amides is 1. The molecule has 0 unspecified atom stereocenters. The molecule has 134 valence electrons. The van der Waals surface area contributed by atoms with Crippen LogP contribution in [0.4, 0.5) is 4.39 Å². The summed E-state index contributed by atoms with van der Waals surface area (Å²) in [6, 6.07) is 9.19. The maximum atomic E-state index is 12.9. The Kier molecular flexibility index (Phi) is 6.89. The lowest BCUT2D eigenvalue weighted by Gasteiger charge is -2.11. The minimum absolute atomic E-state index is 0.152. The largest absolute Gasteiger partial charge is 0.493 e. The summed E-state index contributed by atoms with van der Waals surface area (Å²) in [5.74, 6) is 0.970. The molecule has 25 heavy (non-hydrogen) atoms. The van der Waals surface area contributed by atoms with Crippen molar-refractivity contribution in [2.45, 2.75) is 6.42 Å². The van der Waals surface area contributed by atoms with E-state index in [0.29, 0.717) is 23.8 Å². The molecule has 0 fully saturated rings. The van der Waals surface area contributed by atoms with E-state index in [1.165, 1.54) is 18.2 Å². The number of methoxy groups -OCH3 is 2. The summed E-state index contributed by atoms with van der Waals surface area (Å²) in [5.41, 5.74) is 0.803. The molecule has 5 nitrogen and oxygen atoms in total. The van der Waals surface area contributed by atoms with Gasteiger partial charge in [-0.15, -0.1) is 0 Å². The van der Waals surface area contributed by atoms with Crippen molar-refractivity contribution in [3.8, 4) is 17.2 Å². The van der Waals surface area contributed by atoms with Crippen LogP contribution in [0.25, 0.3) is 0 Å². The Morgan fingerprint density at radius 1 is 1.08 bits per heavy atom. The number of ether oxygens (including phenoxy) is 3. The molecule has 0 aliphatic heterocycles. The summed E-state index contributed by atoms with van der Waals surface area (Å²) < 4.78 is 28.7. The first-order valence-electron chi connectivity index (χ1n) is 7.59. The van der Waals surface area contributed by atoms with Crippen LogP contribution in [0.3, 0.4) is 0 Å². The number of nitrogens with one attached hydrogen (secondary N) is 1. The van der Waals surface area contributed by atoms with Crippen LogP contribution < -0.4 is 19.5 Å². The molecule has 0 heterocycles. The van der Waals surface area contributed by atoms with Crippen molar-refractivity contribution in [1.29, 1.82) is 0 Å². The van der Waals surface area contributed by atoms with Crippen molar-refractivity contribution in [3.05, 3.63) is 52.8 Å². The minimum Gasteiger partial charge on any atom is -0.493 e. The van der Waals surface area contributed by atoms with Crippen LogP contribution in [-0.2, 0) is 11.2 Å². The van der Waals surface area contributed by atoms with Gasteiger partial charge in [-0.3, -0.25) is 4.79 Å². The average molecular weight is 368 g/mol. The minimum atomic E-state index is -0.430. The van der Waals surface area contributed by atoms with E-state index in [9.17, 15) is 9.18 Å². The van der Waals surface area contributed by atoms with Crippen LogP contribution in [0, 0.1) is 5.82 Å². The zero-order valence-electron chi connectivity index (χ0n) is 14.0. The monoisotopic (exact) mass is 367 g/mol. The third kappa shape index (κ3) is 5.53. The molecule has 2 aromatic rings. The standard InChI is InChI=1S/C18H19ClFNO4/c1-23-16-5-3-12(9-17(16)24-2)10-18(22)21-7-8-25-15-6-4-13(20)11-14(15)19/h3-6,9,11H,7-8,10H2,1-2H3,(H,21,22). The van der Waals surface area contributed by atoms with Gasteiger partial charge in [-0.1, -0.05) is 17.7 Å². The molecule has 2 rings (SSSR count). The second kappa shape index (κ2) is 9.13. The fourth-order valence-corrected chi connectivity index (χ4v) is 2.40. The van der Waals surface area contributed by atoms with Crippen LogP contribution in [-0.4, -0.2) is 33.3 Å². The molecule has 0 aromatic heterocycles. The van der Waals surface area contributed by atoms with Crippen molar-refractivity contribution < 1.29 is 23.4 Å². The highest BCUT2D eigenvalue weighted by Gasteiger charge is 2.08. The quantitative estimate of drug-likeness (QED) is 0.728. The maximum absolute atomic E-state index is 12.9. The van der Waals surface area contributed by atoms with E-state index in [4.69, 9.17) is 25.8 Å². The first-order valence-corrected chi connectivity index (χ1v) is 7.96. The average Bonchev–Trinajstić information content (AvgIpc) is 2.60. The van der Waals surface area contributed by atoms with E-state index < -0.39 is 5.82 Å². The summed E-state index contributed by atoms with van der Waals surface area (Å²) in [6.45, 7) is 0.531. The number of carbonyl (C=O) groups is 1. The van der Waals surface area contributed by atoms with Gasteiger partial charge < -0.3 is 19.5 Å². The maximum Gasteiger partial charge on any atom is 0.224 e. The molecule has 7 heteroatoms. The summed E-state index contributed by atoms with van der Waals surface area (Å²) in [6.07, 6.45) is 0.206. The third-order valence-electron chi connectivity index (χ3n) is 3.39. The van der Waals surface area contributed by atoms with Crippen LogP contribution in [0.5, 0.6) is 17.2 Å². The van der Waals surface area contributed by atoms with Gasteiger partial charge in [-0.05, 0) is 35.9 Å². The van der Waals surface area contributed by atoms with Crippen molar-refractivity contribution in [2.24, 2.45) is 0 Å². The Balaban J connectivity index is 1.79. The van der Waals surface area contributed by atoms with E-state index in [1.54, 1.807) is 32.4 Å². The van der Waals surface area contributed by atoms with Crippen molar-refractivity contribution >= 4 is 17.5 Å². The van der Waals surface area contributed by atoms with Crippen LogP contribution >= 0.6 is 11.6 Å². The molecule has 0 aliphatic carbocycles. The molecule has 0 atom stereocenters. The summed E-state index contributed by atoms with van der Waals surface area (Å²) >= 11 is 5.86. The summed E-state index contributed by atoms with van der Waals surface area (Å²) in [4.78, 5) is 12.0. The number of rotatable bonds is 8. The lowest BCUT2D eigenvalue weighted by atomic mass is 10.1. The molecule has 0 bridgehead atoms. The molecule has 0 spiro atoms. The number of hydrogen-bond donors (Lipinski definition) is 1. The van der Waals surface area contributed by atoms with E-state index in [-0.39, 0.29) is 24.0 Å². The highest BCUT2D eigenvalue weighted by molar-refractivity contribution is 6.32. The topological polar surface area (TPSA) is 56.8 Å². The third-order valence-corrected chi connectivity index (χ3v) is 3.68. The Hall–Kier alpha value is -2.47. The predicted molar refractivity (Wildman–Crippen MR) is 93.2 cm³/mol. The van der Waals surface area contributed by atoms with Gasteiger partial charge in [0.25, 0.3) is 0 Å². The van der Waals surface area contributed by atoms with E-state index in [0.717, 1.165) is 5.56 Å². The zero-order chi connectivity index (χ0) is 18.2. The van der Waals surface area contributed by atoms with Crippen molar-refractivity contribution in [2.75, 3.05) is 27.4 Å². The summed E-state index contributed by atoms with van der Waals surface area (Å²) in [5, 5.41) is 2.94. The van der Waals surface area contributed by atoms with E-state index in [1.807, 2.05) is 0 Å². The SMILES string of the molecule is COc1ccc(CC(=O)NCCOc2ccc(F)cc2Cl)cc1OC. The smallest absolute Gasteiger partial charge is 0.224 e. The fourth-order valence-electron chi connectivity index (χ4n) is 2.18. The Labute approximate surface area is 150 Å². The van der Waals surface area contributed by atoms with Gasteiger partial charge in [0.05, 0.1) is 32.2 Å². The lowest BCUT2D eigenvalue weighted by Crippen LogP contribution is -2.29. The van der Waals surface area contributed by atoms with Crippen molar-refractivity contribution in [1.82, 2.24) is 5.32 Å². The number of benzene rings is 2. The first-order chi connectivity index (χ1) is 12.0. The molecule has 1 amide bonds. The van der Waals surface area contributed by atoms with Crippen LogP contribution in [0.2, 0.25) is 5.02 Å². The predicted octanol–water partition coefficient (Wildman–Crippen LogP) is 3.23. The normalized spacial score (nSPS) is 10.2. The van der Waals surface area contributed by atoms with Crippen LogP contribution in [0.1, 0.15) is 5.56 Å². The van der Waals surface area contributed by atoms with Crippen molar-refractivity contribution in [3.63, 3.8) is 0 Å². The van der Waals surface area contributed by atoms with E-state index in [2.05, 4.69) is 5.32 Å². The van der Waals surface area contributed by atoms with Gasteiger partial charge in [0.15, 0.2) is 11.5 Å². The Bertz CT molecular complexity index is 739. The first kappa shape index (κ1) is 18.9. The highest BCUT2D eigenvalue weighted by Crippen LogP contribution is 2.27. The molecular weight excluding hydrogens is 349 g/mol. The van der Waals surface area contributed by atoms with Gasteiger partial charge in [-0.25, -0.2) is 4.39 Å². The van der Waals surface area contributed by atoms with Gasteiger partial charge in [0.2, 0.25) is 5.91 Å². The fraction of sp³-hybridized carbons (Fsp3) is 0.278. The molecule has 1 N–H and O–H groups in total. The van der Waals surface area contributed by atoms with Crippen LogP contribution in [0.15, 0.2) is 36.4 Å². The molecule has 0 aliphatic rings. The number of hydrogen-bond acceptors (Lipinski definition) is 4. The second-order valence-electron chi connectivity index (χ2n) is 5.14. The number of halogens is 2. The number of carbonyl (C=O) groups excluding carboxylic acids is 1. The molecule has 0 radical (unpaired) electrons. The zero-order valence-corrected chi connectivity index (χ0v) is 14.7. The molecular formula is C18H19ClFNO4. The van der Waals surface area contributed by atoms with Gasteiger partial charge >= 0.3 is 0 Å². The molecule has 0 saturated carbocycles. The highest BCUT2D eigenvalue weighted by atomic mass is 35.5. The Morgan fingerprint density at radius 3 is 2.48 bits per heavy atom. The summed E-state index contributed by atoms with van der Waals surface area (Å²) in [7, 11) is 3.09. The van der Waals surface area contributed by atoms with E-state index >= 15 is 0 Å². The lowest BCUT2D eigenvalue weighted by molar-refractivity contribution is -0.120.